The van der Waals surface area contributed by atoms with Crippen molar-refractivity contribution < 1.29 is 4.21 Å². The van der Waals surface area contributed by atoms with E-state index in [4.69, 9.17) is 0 Å². The van der Waals surface area contributed by atoms with Gasteiger partial charge in [0.1, 0.15) is 0 Å². The first-order chi connectivity index (χ1) is 6.68. The highest BCUT2D eigenvalue weighted by molar-refractivity contribution is 9.10. The molecule has 0 amide bonds. The third-order valence-corrected chi connectivity index (χ3v) is 3.40. The van der Waals surface area contributed by atoms with Crippen molar-refractivity contribution in [1.82, 2.24) is 4.98 Å². The molecule has 0 bridgehead atoms. The van der Waals surface area contributed by atoms with Crippen molar-refractivity contribution in [2.75, 3.05) is 6.26 Å². The minimum absolute atomic E-state index is 0.844. The maximum absolute atomic E-state index is 11.5. The van der Waals surface area contributed by atoms with Gasteiger partial charge < -0.3 is 0 Å². The lowest BCUT2D eigenvalue weighted by molar-refractivity contribution is 0.687. The number of aromatic nitrogens is 1. The molecule has 0 aliphatic carbocycles. The molecule has 1 atom stereocenters. The Morgan fingerprint density at radius 2 is 2.21 bits per heavy atom. The van der Waals surface area contributed by atoms with Crippen LogP contribution >= 0.6 is 15.9 Å². The molecule has 14 heavy (non-hydrogen) atoms. The smallest absolute Gasteiger partial charge is 0.0504 e. The van der Waals surface area contributed by atoms with Gasteiger partial charge in [0, 0.05) is 38.8 Å². The molecule has 1 aromatic carbocycles. The Hall–Kier alpha value is -0.740. The summed E-state index contributed by atoms with van der Waals surface area (Å²) in [5.74, 6) is 0. The zero-order chi connectivity index (χ0) is 10.1. The van der Waals surface area contributed by atoms with E-state index in [9.17, 15) is 4.21 Å². The fraction of sp³-hybridized carbons (Fsp3) is 0.100. The predicted molar refractivity (Wildman–Crippen MR) is 61.8 cm³/mol. The Balaban J connectivity index is 2.87. The van der Waals surface area contributed by atoms with Gasteiger partial charge in [0.2, 0.25) is 0 Å². The van der Waals surface area contributed by atoms with Gasteiger partial charge in [-0.2, -0.15) is 0 Å². The highest BCUT2D eigenvalue weighted by atomic mass is 79.9. The van der Waals surface area contributed by atoms with E-state index in [-0.39, 0.29) is 0 Å². The normalized spacial score (nSPS) is 13.0. The van der Waals surface area contributed by atoms with E-state index in [1.165, 1.54) is 0 Å². The lowest BCUT2D eigenvalue weighted by Crippen LogP contribution is -1.90. The minimum atomic E-state index is -0.972. The molecule has 1 aromatic heterocycles. The summed E-state index contributed by atoms with van der Waals surface area (Å²) in [7, 11) is -0.972. The summed E-state index contributed by atoms with van der Waals surface area (Å²) in [5.41, 5.74) is 0. The third-order valence-electron chi connectivity index (χ3n) is 1.99. The first kappa shape index (κ1) is 9.80. The number of halogens is 1. The Labute approximate surface area is 92.9 Å². The molecule has 0 N–H and O–H groups in total. The average Bonchev–Trinajstić information content (AvgIpc) is 2.16. The summed E-state index contributed by atoms with van der Waals surface area (Å²) < 4.78 is 12.4. The Morgan fingerprint density at radius 3 is 2.93 bits per heavy atom. The second-order valence-corrected chi connectivity index (χ2v) is 5.22. The molecule has 4 heteroatoms. The van der Waals surface area contributed by atoms with Gasteiger partial charge in [-0.1, -0.05) is 15.9 Å². The molecule has 1 heterocycles. The Bertz CT molecular complexity index is 512. The number of hydrogen-bond acceptors (Lipinski definition) is 2. The van der Waals surface area contributed by atoms with Crippen LogP contribution in [-0.2, 0) is 10.8 Å². The van der Waals surface area contributed by atoms with Crippen LogP contribution in [0.25, 0.3) is 10.8 Å². The lowest BCUT2D eigenvalue weighted by atomic mass is 10.2. The van der Waals surface area contributed by atoms with Crippen LogP contribution in [0.4, 0.5) is 0 Å². The van der Waals surface area contributed by atoms with Crippen LogP contribution in [0.5, 0.6) is 0 Å². The van der Waals surface area contributed by atoms with E-state index < -0.39 is 10.8 Å². The van der Waals surface area contributed by atoms with Crippen molar-refractivity contribution in [3.63, 3.8) is 0 Å². The van der Waals surface area contributed by atoms with E-state index in [0.29, 0.717) is 0 Å². The molecule has 0 saturated carbocycles. The first-order valence-corrected chi connectivity index (χ1v) is 6.40. The monoisotopic (exact) mass is 269 g/mol. The van der Waals surface area contributed by atoms with Crippen LogP contribution in [0.15, 0.2) is 40.0 Å². The summed E-state index contributed by atoms with van der Waals surface area (Å²) in [4.78, 5) is 4.88. The molecule has 0 saturated heterocycles. The molecule has 0 radical (unpaired) electrons. The van der Waals surface area contributed by atoms with Gasteiger partial charge in [0.05, 0.1) is 10.8 Å². The molecule has 0 unspecified atom stereocenters. The summed E-state index contributed by atoms with van der Waals surface area (Å²) in [6.45, 7) is 0. The summed E-state index contributed by atoms with van der Waals surface area (Å²) in [5, 5.41) is 2.01. The summed E-state index contributed by atoms with van der Waals surface area (Å²) >= 11 is 3.39. The van der Waals surface area contributed by atoms with Gasteiger partial charge in [0.15, 0.2) is 0 Å². The first-order valence-electron chi connectivity index (χ1n) is 4.05. The van der Waals surface area contributed by atoms with Crippen molar-refractivity contribution in [2.45, 2.75) is 4.90 Å². The Kier molecular flexibility index (Phi) is 2.65. The van der Waals surface area contributed by atoms with E-state index in [2.05, 4.69) is 20.9 Å². The van der Waals surface area contributed by atoms with Crippen molar-refractivity contribution in [1.29, 1.82) is 0 Å². The van der Waals surface area contributed by atoms with Crippen molar-refractivity contribution in [3.8, 4) is 0 Å². The molecule has 0 aliphatic heterocycles. The van der Waals surface area contributed by atoms with Crippen molar-refractivity contribution >= 4 is 37.5 Å². The quantitative estimate of drug-likeness (QED) is 0.797. The second-order valence-electron chi connectivity index (χ2n) is 2.95. The van der Waals surface area contributed by atoms with Crippen molar-refractivity contribution in [3.05, 3.63) is 35.1 Å². The predicted octanol–water partition coefficient (Wildman–Crippen LogP) is 2.73. The van der Waals surface area contributed by atoms with Gasteiger partial charge in [-0.25, -0.2) is 0 Å². The average molecular weight is 270 g/mol. The van der Waals surface area contributed by atoms with Crippen LogP contribution in [0, 0.1) is 0 Å². The standard InChI is InChI=1S/C10H8BrNOS/c1-14(13)10-5-8(11)4-7-6-12-3-2-9(7)10/h2-6H,1H3/t14-/m1/s1. The van der Waals surface area contributed by atoms with Gasteiger partial charge in [-0.3, -0.25) is 9.19 Å². The number of hydrogen-bond donors (Lipinski definition) is 0. The third kappa shape index (κ3) is 1.72. The van der Waals surface area contributed by atoms with Crippen LogP contribution < -0.4 is 0 Å². The van der Waals surface area contributed by atoms with Gasteiger partial charge in [-0.05, 0) is 18.2 Å². The van der Waals surface area contributed by atoms with E-state index in [1.54, 1.807) is 18.6 Å². The highest BCUT2D eigenvalue weighted by Gasteiger charge is 2.05. The van der Waals surface area contributed by atoms with Crippen LogP contribution in [0.3, 0.4) is 0 Å². The topological polar surface area (TPSA) is 30.0 Å². The van der Waals surface area contributed by atoms with Gasteiger partial charge in [0.25, 0.3) is 0 Å². The fourth-order valence-corrected chi connectivity index (χ4v) is 2.79. The summed E-state index contributed by atoms with van der Waals surface area (Å²) in [6.07, 6.45) is 5.17. The van der Waals surface area contributed by atoms with E-state index in [1.807, 2.05) is 18.2 Å². The number of nitrogens with zero attached hydrogens (tertiary/aromatic N) is 1. The molecule has 2 rings (SSSR count). The molecule has 2 nitrogen and oxygen atoms in total. The molecule has 0 spiro atoms. The maximum atomic E-state index is 11.5. The maximum Gasteiger partial charge on any atom is 0.0504 e. The number of fused-ring (bicyclic) bond motifs is 1. The molecule has 0 fully saturated rings. The van der Waals surface area contributed by atoms with Crippen LogP contribution in [0.2, 0.25) is 0 Å². The number of rotatable bonds is 1. The Morgan fingerprint density at radius 1 is 1.43 bits per heavy atom. The highest BCUT2D eigenvalue weighted by Crippen LogP contribution is 2.25. The van der Waals surface area contributed by atoms with Crippen LogP contribution in [-0.4, -0.2) is 15.4 Å². The van der Waals surface area contributed by atoms with Crippen molar-refractivity contribution in [2.24, 2.45) is 0 Å². The molecular weight excluding hydrogens is 262 g/mol. The molecular formula is C10H8BrNOS. The van der Waals surface area contributed by atoms with E-state index in [0.717, 1.165) is 20.1 Å². The van der Waals surface area contributed by atoms with E-state index >= 15 is 0 Å². The number of pyridine rings is 1. The zero-order valence-electron chi connectivity index (χ0n) is 7.53. The minimum Gasteiger partial charge on any atom is -0.264 e. The van der Waals surface area contributed by atoms with Gasteiger partial charge in [-0.15, -0.1) is 0 Å². The lowest BCUT2D eigenvalue weighted by Gasteiger charge is -2.03. The molecule has 0 aliphatic rings. The number of benzene rings is 1. The summed E-state index contributed by atoms with van der Waals surface area (Å²) in [6, 6.07) is 5.75. The fourth-order valence-electron chi connectivity index (χ4n) is 1.38. The largest absolute Gasteiger partial charge is 0.264 e. The molecule has 72 valence electrons. The SMILES string of the molecule is C[S@@](=O)c1cc(Br)cc2cnccc12. The molecule has 2 aromatic rings. The second kappa shape index (κ2) is 3.79. The van der Waals surface area contributed by atoms with Gasteiger partial charge >= 0.3 is 0 Å². The van der Waals surface area contributed by atoms with Crippen LogP contribution in [0.1, 0.15) is 0 Å². The zero-order valence-corrected chi connectivity index (χ0v) is 9.93.